The number of hydrogen-bond acceptors (Lipinski definition) is 0. The Morgan fingerprint density at radius 1 is 0.850 bits per heavy atom. The molecule has 0 heterocycles. The Kier molecular flexibility index (Phi) is 3.10. The molecule has 20 heavy (non-hydrogen) atoms. The monoisotopic (exact) mass is 259 g/mol. The second kappa shape index (κ2) is 4.79. The van der Waals surface area contributed by atoms with Crippen LogP contribution in [0.15, 0.2) is 60.7 Å². The van der Waals surface area contributed by atoms with Gasteiger partial charge in [-0.05, 0) is 45.0 Å². The molecule has 0 aliphatic rings. The van der Waals surface area contributed by atoms with E-state index in [4.69, 9.17) is 0 Å². The van der Waals surface area contributed by atoms with Gasteiger partial charge in [-0.2, -0.15) is 0 Å². The lowest BCUT2D eigenvalue weighted by Gasteiger charge is -2.19. The van der Waals surface area contributed by atoms with Crippen molar-refractivity contribution in [1.29, 1.82) is 0 Å². The van der Waals surface area contributed by atoms with Gasteiger partial charge in [-0.15, -0.1) is 0 Å². The van der Waals surface area contributed by atoms with E-state index in [1.54, 1.807) is 0 Å². The molecule has 0 atom stereocenters. The van der Waals surface area contributed by atoms with Crippen LogP contribution in [0.3, 0.4) is 0 Å². The summed E-state index contributed by atoms with van der Waals surface area (Å²) in [6.45, 7) is 6.74. The first kappa shape index (κ1) is 12.9. The molecular weight excluding hydrogens is 240 g/mol. The summed E-state index contributed by atoms with van der Waals surface area (Å²) in [5.41, 5.74) is 4.13. The maximum atomic E-state index is 3.14. The Hall–Kier alpha value is -2.08. The van der Waals surface area contributed by atoms with E-state index in [0.29, 0.717) is 0 Å². The zero-order valence-corrected chi connectivity index (χ0v) is 12.3. The summed E-state index contributed by atoms with van der Waals surface area (Å²) in [6.07, 6.45) is 0. The lowest BCUT2D eigenvalue weighted by atomic mass is 9.86. The molecule has 0 aliphatic carbocycles. The van der Waals surface area contributed by atoms with Gasteiger partial charge in [-0.1, -0.05) is 75.4 Å². The molecule has 3 rings (SSSR count). The van der Waals surface area contributed by atoms with Crippen LogP contribution in [0.1, 0.15) is 26.3 Å². The zero-order chi connectivity index (χ0) is 14.2. The highest BCUT2D eigenvalue weighted by molar-refractivity contribution is 5.96. The van der Waals surface area contributed by atoms with Crippen molar-refractivity contribution >= 4 is 10.8 Å². The van der Waals surface area contributed by atoms with Gasteiger partial charge in [0.2, 0.25) is 0 Å². The summed E-state index contributed by atoms with van der Waals surface area (Å²) in [5.74, 6) is 0. The van der Waals surface area contributed by atoms with E-state index in [-0.39, 0.29) is 5.41 Å². The molecule has 0 fully saturated rings. The third-order valence-corrected chi connectivity index (χ3v) is 3.79. The van der Waals surface area contributed by atoms with Gasteiger partial charge in [-0.3, -0.25) is 0 Å². The van der Waals surface area contributed by atoms with Crippen LogP contribution in [-0.2, 0) is 5.41 Å². The fraction of sp³-hybridized carbons (Fsp3) is 0.200. The Morgan fingerprint density at radius 3 is 2.30 bits per heavy atom. The molecule has 0 bridgehead atoms. The van der Waals surface area contributed by atoms with Gasteiger partial charge in [-0.25, -0.2) is 0 Å². The maximum absolute atomic E-state index is 3.14. The van der Waals surface area contributed by atoms with Gasteiger partial charge in [0.25, 0.3) is 0 Å². The van der Waals surface area contributed by atoms with Crippen molar-refractivity contribution in [2.24, 2.45) is 0 Å². The van der Waals surface area contributed by atoms with E-state index in [1.165, 1.54) is 27.5 Å². The Morgan fingerprint density at radius 2 is 1.60 bits per heavy atom. The molecule has 0 aliphatic heterocycles. The van der Waals surface area contributed by atoms with Crippen molar-refractivity contribution in [2.75, 3.05) is 0 Å². The van der Waals surface area contributed by atoms with E-state index in [9.17, 15) is 0 Å². The molecule has 0 spiro atoms. The molecule has 0 aromatic heterocycles. The molecule has 0 saturated heterocycles. The fourth-order valence-electron chi connectivity index (χ4n) is 2.57. The van der Waals surface area contributed by atoms with Gasteiger partial charge in [0.1, 0.15) is 0 Å². The summed E-state index contributed by atoms with van der Waals surface area (Å²) < 4.78 is 0. The van der Waals surface area contributed by atoms with E-state index in [2.05, 4.69) is 75.4 Å². The van der Waals surface area contributed by atoms with Crippen LogP contribution in [0.5, 0.6) is 0 Å². The molecule has 0 heteroatoms. The quantitative estimate of drug-likeness (QED) is 0.533. The van der Waals surface area contributed by atoms with Crippen molar-refractivity contribution in [1.82, 2.24) is 0 Å². The average Bonchev–Trinajstić information content (AvgIpc) is 2.46. The largest absolute Gasteiger partial charge is 0.0610 e. The van der Waals surface area contributed by atoms with Crippen LogP contribution in [0.2, 0.25) is 0 Å². The third kappa shape index (κ3) is 2.34. The number of hydrogen-bond donors (Lipinski definition) is 0. The van der Waals surface area contributed by atoms with Gasteiger partial charge in [0.05, 0.1) is 0 Å². The zero-order valence-electron chi connectivity index (χ0n) is 12.3. The molecular formula is C20H19. The first-order chi connectivity index (χ1) is 9.55. The molecule has 0 saturated carbocycles. The second-order valence-electron chi connectivity index (χ2n) is 6.28. The smallest absolute Gasteiger partial charge is 0.0105 e. The lowest BCUT2D eigenvalue weighted by Crippen LogP contribution is -2.10. The minimum Gasteiger partial charge on any atom is -0.0610 e. The molecule has 1 radical (unpaired) electrons. The minimum absolute atomic E-state index is 0.201. The average molecular weight is 259 g/mol. The van der Waals surface area contributed by atoms with Crippen LogP contribution in [0.25, 0.3) is 21.9 Å². The van der Waals surface area contributed by atoms with Crippen LogP contribution in [0.4, 0.5) is 0 Å². The summed E-state index contributed by atoms with van der Waals surface area (Å²) >= 11 is 0. The van der Waals surface area contributed by atoms with Crippen molar-refractivity contribution in [2.45, 2.75) is 26.2 Å². The SMILES string of the molecule is CC(C)(C)c1ccc(-c2cccc3c[c]ccc23)cc1. The van der Waals surface area contributed by atoms with E-state index >= 15 is 0 Å². The van der Waals surface area contributed by atoms with Gasteiger partial charge in [0.15, 0.2) is 0 Å². The van der Waals surface area contributed by atoms with Crippen molar-refractivity contribution in [3.8, 4) is 11.1 Å². The summed E-state index contributed by atoms with van der Waals surface area (Å²) in [4.78, 5) is 0. The third-order valence-electron chi connectivity index (χ3n) is 3.79. The van der Waals surface area contributed by atoms with Gasteiger partial charge >= 0.3 is 0 Å². The van der Waals surface area contributed by atoms with Crippen LogP contribution >= 0.6 is 0 Å². The minimum atomic E-state index is 0.201. The highest BCUT2D eigenvalue weighted by atomic mass is 14.2. The van der Waals surface area contributed by atoms with Crippen molar-refractivity contribution in [3.05, 3.63) is 72.3 Å². The highest BCUT2D eigenvalue weighted by Crippen LogP contribution is 2.30. The summed E-state index contributed by atoms with van der Waals surface area (Å²) in [5, 5.41) is 2.53. The molecule has 0 unspecified atom stereocenters. The predicted octanol–water partition coefficient (Wildman–Crippen LogP) is 5.60. The standard InChI is InChI=1S/C20H19/c1-20(2,3)17-13-11-16(12-14-17)19-10-6-8-15-7-4-5-9-18(15)19/h5-14H,1-3H3. The molecule has 3 aromatic carbocycles. The first-order valence-electron chi connectivity index (χ1n) is 7.05. The van der Waals surface area contributed by atoms with Crippen LogP contribution < -0.4 is 0 Å². The van der Waals surface area contributed by atoms with Crippen molar-refractivity contribution < 1.29 is 0 Å². The number of fused-ring (bicyclic) bond motifs is 1. The van der Waals surface area contributed by atoms with Crippen LogP contribution in [-0.4, -0.2) is 0 Å². The lowest BCUT2D eigenvalue weighted by molar-refractivity contribution is 0.590. The van der Waals surface area contributed by atoms with Gasteiger partial charge < -0.3 is 0 Å². The molecule has 99 valence electrons. The predicted molar refractivity (Wildman–Crippen MR) is 86.9 cm³/mol. The highest BCUT2D eigenvalue weighted by Gasteiger charge is 2.13. The fourth-order valence-corrected chi connectivity index (χ4v) is 2.57. The van der Waals surface area contributed by atoms with E-state index < -0.39 is 0 Å². The molecule has 0 N–H and O–H groups in total. The molecule has 3 aromatic rings. The maximum Gasteiger partial charge on any atom is -0.0105 e. The van der Waals surface area contributed by atoms with Crippen molar-refractivity contribution in [3.63, 3.8) is 0 Å². The topological polar surface area (TPSA) is 0 Å². The molecule has 0 amide bonds. The summed E-state index contributed by atoms with van der Waals surface area (Å²) in [7, 11) is 0. The first-order valence-corrected chi connectivity index (χ1v) is 7.05. The van der Waals surface area contributed by atoms with Crippen LogP contribution in [0, 0.1) is 6.07 Å². The number of benzene rings is 3. The normalized spacial score (nSPS) is 11.8. The van der Waals surface area contributed by atoms with E-state index in [1.807, 2.05) is 12.1 Å². The van der Waals surface area contributed by atoms with E-state index in [0.717, 1.165) is 0 Å². The molecule has 0 nitrogen and oxygen atoms in total. The van der Waals surface area contributed by atoms with Gasteiger partial charge in [0, 0.05) is 0 Å². The second-order valence-corrected chi connectivity index (χ2v) is 6.28. The number of rotatable bonds is 1. The Labute approximate surface area is 121 Å². The Balaban J connectivity index is 2.12. The summed E-state index contributed by atoms with van der Waals surface area (Å²) in [6, 6.07) is 24.7. The Bertz CT molecular complexity index is 723.